The minimum atomic E-state index is -0.141. The maximum Gasteiger partial charge on any atom is 0.332 e. The highest BCUT2D eigenvalue weighted by Gasteiger charge is 2.19. The van der Waals surface area contributed by atoms with Crippen LogP contribution in [-0.4, -0.2) is 16.5 Å². The first-order valence-electron chi connectivity index (χ1n) is 8.04. The molecule has 6 nitrogen and oxygen atoms in total. The van der Waals surface area contributed by atoms with E-state index in [0.29, 0.717) is 23.5 Å². The fourth-order valence-corrected chi connectivity index (χ4v) is 2.92. The SMILES string of the molecule is COc1cccc(C[NH2+]c2c(C)n(C)n(-c3ccccc3)c2=O)c1[O-]. The van der Waals surface area contributed by atoms with Crippen LogP contribution in [0.4, 0.5) is 5.69 Å². The minimum Gasteiger partial charge on any atom is -0.870 e. The number of hydrogen-bond donors (Lipinski definition) is 1. The van der Waals surface area contributed by atoms with Gasteiger partial charge in [0, 0.05) is 12.6 Å². The van der Waals surface area contributed by atoms with Crippen LogP contribution in [0.25, 0.3) is 5.69 Å². The zero-order valence-electron chi connectivity index (χ0n) is 14.5. The molecule has 3 rings (SSSR count). The van der Waals surface area contributed by atoms with Crippen molar-refractivity contribution in [3.05, 3.63) is 70.1 Å². The van der Waals surface area contributed by atoms with Crippen molar-refractivity contribution in [3.8, 4) is 17.2 Å². The molecular formula is C19H21N3O3. The molecule has 0 aliphatic heterocycles. The van der Waals surface area contributed by atoms with Crippen LogP contribution in [0.15, 0.2) is 53.3 Å². The van der Waals surface area contributed by atoms with Crippen LogP contribution < -0.4 is 20.7 Å². The third kappa shape index (κ3) is 3.04. The Morgan fingerprint density at radius 1 is 1.12 bits per heavy atom. The van der Waals surface area contributed by atoms with E-state index in [-0.39, 0.29) is 11.3 Å². The zero-order chi connectivity index (χ0) is 18.0. The lowest BCUT2D eigenvalue weighted by Gasteiger charge is -2.16. The fraction of sp³-hybridized carbons (Fsp3) is 0.211. The molecule has 0 aliphatic rings. The van der Waals surface area contributed by atoms with E-state index in [0.717, 1.165) is 11.4 Å². The van der Waals surface area contributed by atoms with Gasteiger partial charge in [-0.2, -0.15) is 0 Å². The van der Waals surface area contributed by atoms with Gasteiger partial charge in [0.25, 0.3) is 0 Å². The second kappa shape index (κ2) is 6.86. The van der Waals surface area contributed by atoms with Gasteiger partial charge in [0.15, 0.2) is 0 Å². The molecule has 0 aliphatic carbocycles. The third-order valence-corrected chi connectivity index (χ3v) is 4.41. The highest BCUT2D eigenvalue weighted by atomic mass is 16.5. The first-order valence-corrected chi connectivity index (χ1v) is 8.04. The molecule has 1 aromatic heterocycles. The Balaban J connectivity index is 1.94. The number of quaternary nitrogens is 1. The smallest absolute Gasteiger partial charge is 0.332 e. The van der Waals surface area contributed by atoms with Crippen molar-refractivity contribution < 1.29 is 15.2 Å². The third-order valence-electron chi connectivity index (χ3n) is 4.41. The largest absolute Gasteiger partial charge is 0.870 e. The average Bonchev–Trinajstić information content (AvgIpc) is 2.84. The fourth-order valence-electron chi connectivity index (χ4n) is 2.92. The van der Waals surface area contributed by atoms with Gasteiger partial charge < -0.3 is 15.2 Å². The van der Waals surface area contributed by atoms with Crippen molar-refractivity contribution in [3.63, 3.8) is 0 Å². The van der Waals surface area contributed by atoms with Crippen LogP contribution in [0.3, 0.4) is 0 Å². The number of nitrogens with two attached hydrogens (primary N) is 1. The lowest BCUT2D eigenvalue weighted by atomic mass is 10.2. The van der Waals surface area contributed by atoms with Crippen molar-refractivity contribution in [2.75, 3.05) is 7.11 Å². The summed E-state index contributed by atoms with van der Waals surface area (Å²) in [7, 11) is 3.33. The number of rotatable bonds is 5. The van der Waals surface area contributed by atoms with Crippen molar-refractivity contribution in [2.24, 2.45) is 7.05 Å². The van der Waals surface area contributed by atoms with Crippen LogP contribution in [0.5, 0.6) is 11.5 Å². The van der Waals surface area contributed by atoms with Crippen LogP contribution in [0.2, 0.25) is 0 Å². The van der Waals surface area contributed by atoms with Crippen molar-refractivity contribution >= 4 is 5.69 Å². The maximum absolute atomic E-state index is 12.8. The van der Waals surface area contributed by atoms with E-state index in [1.165, 1.54) is 7.11 Å². The van der Waals surface area contributed by atoms with Gasteiger partial charge in [0.05, 0.1) is 18.5 Å². The molecule has 0 saturated carbocycles. The van der Waals surface area contributed by atoms with Gasteiger partial charge in [-0.1, -0.05) is 36.1 Å². The van der Waals surface area contributed by atoms with E-state index in [1.54, 1.807) is 22.9 Å². The van der Waals surface area contributed by atoms with Crippen LogP contribution >= 0.6 is 0 Å². The molecule has 1 heterocycles. The summed E-state index contributed by atoms with van der Waals surface area (Å²) in [6, 6.07) is 14.7. The predicted octanol–water partition coefficient (Wildman–Crippen LogP) is 0.962. The molecule has 3 aromatic rings. The normalized spacial score (nSPS) is 10.8. The molecule has 0 saturated heterocycles. The van der Waals surface area contributed by atoms with E-state index >= 15 is 0 Å². The van der Waals surface area contributed by atoms with E-state index in [1.807, 2.05) is 54.3 Å². The van der Waals surface area contributed by atoms with Gasteiger partial charge in [-0.15, -0.1) is 0 Å². The minimum absolute atomic E-state index is 0.0958. The Labute approximate surface area is 145 Å². The first kappa shape index (κ1) is 16.9. The predicted molar refractivity (Wildman–Crippen MR) is 93.5 cm³/mol. The molecule has 0 radical (unpaired) electrons. The number of para-hydroxylation sites is 2. The van der Waals surface area contributed by atoms with Gasteiger partial charge >= 0.3 is 5.56 Å². The maximum atomic E-state index is 12.8. The highest BCUT2D eigenvalue weighted by Crippen LogP contribution is 2.25. The second-order valence-corrected chi connectivity index (χ2v) is 5.83. The Bertz CT molecular complexity index is 943. The molecule has 6 heteroatoms. The summed E-state index contributed by atoms with van der Waals surface area (Å²) in [5.74, 6) is 0.176. The molecule has 25 heavy (non-hydrogen) atoms. The lowest BCUT2D eigenvalue weighted by Crippen LogP contribution is -2.78. The standard InChI is InChI=1S/C19H21N3O3/c1-13-17(20-12-14-8-7-11-16(25-3)18(14)23)19(24)22(21(13)2)15-9-5-4-6-10-15/h4-11,20,23H,12H2,1-3H3. The van der Waals surface area contributed by atoms with E-state index in [4.69, 9.17) is 4.74 Å². The van der Waals surface area contributed by atoms with E-state index in [9.17, 15) is 9.90 Å². The van der Waals surface area contributed by atoms with Gasteiger partial charge in [0.2, 0.25) is 5.69 Å². The Morgan fingerprint density at radius 2 is 1.84 bits per heavy atom. The summed E-state index contributed by atoms with van der Waals surface area (Å²) >= 11 is 0. The topological polar surface area (TPSA) is 75.8 Å². The van der Waals surface area contributed by atoms with E-state index < -0.39 is 0 Å². The highest BCUT2D eigenvalue weighted by molar-refractivity contribution is 5.44. The van der Waals surface area contributed by atoms with Crippen LogP contribution in [0, 0.1) is 6.92 Å². The Kier molecular flexibility index (Phi) is 4.63. The average molecular weight is 339 g/mol. The van der Waals surface area contributed by atoms with Crippen LogP contribution in [0.1, 0.15) is 11.3 Å². The van der Waals surface area contributed by atoms with Crippen LogP contribution in [-0.2, 0) is 13.6 Å². The van der Waals surface area contributed by atoms with Gasteiger partial charge in [-0.3, -0.25) is 9.48 Å². The molecule has 0 bridgehead atoms. The molecular weight excluding hydrogens is 318 g/mol. The lowest BCUT2D eigenvalue weighted by molar-refractivity contribution is -0.590. The summed E-state index contributed by atoms with van der Waals surface area (Å²) in [4.78, 5) is 12.8. The number of ether oxygens (including phenoxy) is 1. The number of methoxy groups -OCH3 is 1. The summed E-state index contributed by atoms with van der Waals surface area (Å²) in [6.07, 6.45) is 0. The van der Waals surface area contributed by atoms with E-state index in [2.05, 4.69) is 0 Å². The molecule has 0 amide bonds. The monoisotopic (exact) mass is 339 g/mol. The number of hydrogen-bond acceptors (Lipinski definition) is 3. The first-order chi connectivity index (χ1) is 12.0. The number of aromatic nitrogens is 2. The second-order valence-electron chi connectivity index (χ2n) is 5.83. The van der Waals surface area contributed by atoms with Gasteiger partial charge in [-0.25, -0.2) is 4.68 Å². The molecule has 0 spiro atoms. The molecule has 130 valence electrons. The van der Waals surface area contributed by atoms with Gasteiger partial charge in [0.1, 0.15) is 12.3 Å². The van der Waals surface area contributed by atoms with Gasteiger partial charge in [-0.05, 0) is 25.1 Å². The molecule has 2 aromatic carbocycles. The number of benzene rings is 2. The summed E-state index contributed by atoms with van der Waals surface area (Å²) < 4.78 is 8.53. The molecule has 0 unspecified atom stereocenters. The summed E-state index contributed by atoms with van der Waals surface area (Å²) in [5, 5.41) is 14.1. The van der Waals surface area contributed by atoms with Crippen molar-refractivity contribution in [2.45, 2.75) is 13.5 Å². The molecule has 0 fully saturated rings. The number of nitrogens with zero attached hydrogens (tertiary/aromatic N) is 2. The molecule has 2 N–H and O–H groups in total. The quantitative estimate of drug-likeness (QED) is 0.752. The summed E-state index contributed by atoms with van der Waals surface area (Å²) in [6.45, 7) is 2.28. The molecule has 0 atom stereocenters. The van der Waals surface area contributed by atoms with Crippen molar-refractivity contribution in [1.82, 2.24) is 9.36 Å². The summed E-state index contributed by atoms with van der Waals surface area (Å²) in [5.41, 5.74) is 2.77. The Hall–Kier alpha value is -2.99. The Morgan fingerprint density at radius 3 is 2.52 bits per heavy atom. The zero-order valence-corrected chi connectivity index (χ0v) is 14.5. The van der Waals surface area contributed by atoms with Crippen molar-refractivity contribution in [1.29, 1.82) is 0 Å².